The molecule has 0 bridgehead atoms. The van der Waals surface area contributed by atoms with Gasteiger partial charge in [-0.2, -0.15) is 0 Å². The van der Waals surface area contributed by atoms with Crippen molar-refractivity contribution in [3.63, 3.8) is 0 Å². The van der Waals surface area contributed by atoms with Crippen LogP contribution in [0.15, 0.2) is 35.2 Å². The summed E-state index contributed by atoms with van der Waals surface area (Å²) in [7, 11) is -3.43. The number of hydrogen-bond donors (Lipinski definition) is 2. The molecule has 0 spiro atoms. The molecule has 0 saturated heterocycles. The standard InChI is InChI=1S/C17H25NO4S/c19-14-17(10-5-2-6-11-17)13-18-16(20)9-12-23(21,22)15-7-3-1-4-8-15/h1,3-4,7-8,19H,2,5-6,9-14H2,(H,18,20). The van der Waals surface area contributed by atoms with Crippen molar-refractivity contribution in [2.24, 2.45) is 5.41 Å². The van der Waals surface area contributed by atoms with Gasteiger partial charge in [-0.05, 0) is 25.0 Å². The van der Waals surface area contributed by atoms with E-state index in [4.69, 9.17) is 0 Å². The summed E-state index contributed by atoms with van der Waals surface area (Å²) < 4.78 is 24.3. The van der Waals surface area contributed by atoms with Gasteiger partial charge in [0.1, 0.15) is 0 Å². The number of hydrogen-bond acceptors (Lipinski definition) is 4. The number of benzene rings is 1. The molecule has 1 fully saturated rings. The minimum absolute atomic E-state index is 0.0568. The molecule has 0 heterocycles. The lowest BCUT2D eigenvalue weighted by Crippen LogP contribution is -2.41. The largest absolute Gasteiger partial charge is 0.396 e. The fourth-order valence-electron chi connectivity index (χ4n) is 3.04. The molecule has 0 aliphatic heterocycles. The molecular formula is C17H25NO4S. The number of aliphatic hydroxyl groups excluding tert-OH is 1. The highest BCUT2D eigenvalue weighted by Gasteiger charge is 2.31. The topological polar surface area (TPSA) is 83.5 Å². The van der Waals surface area contributed by atoms with Crippen molar-refractivity contribution in [1.29, 1.82) is 0 Å². The monoisotopic (exact) mass is 339 g/mol. The summed E-state index contributed by atoms with van der Waals surface area (Å²) in [5.74, 6) is -0.475. The van der Waals surface area contributed by atoms with E-state index in [1.54, 1.807) is 18.2 Å². The van der Waals surface area contributed by atoms with Gasteiger partial charge in [-0.3, -0.25) is 4.79 Å². The fraction of sp³-hybridized carbons (Fsp3) is 0.588. The van der Waals surface area contributed by atoms with Crippen LogP contribution in [0.25, 0.3) is 0 Å². The van der Waals surface area contributed by atoms with E-state index in [2.05, 4.69) is 5.32 Å². The lowest BCUT2D eigenvalue weighted by Gasteiger charge is -2.35. The Morgan fingerprint density at radius 1 is 1.13 bits per heavy atom. The van der Waals surface area contributed by atoms with Crippen molar-refractivity contribution in [3.05, 3.63) is 30.3 Å². The summed E-state index contributed by atoms with van der Waals surface area (Å²) in [6.07, 6.45) is 5.07. The molecule has 1 amide bonds. The second-order valence-electron chi connectivity index (χ2n) is 6.38. The Morgan fingerprint density at radius 3 is 2.39 bits per heavy atom. The minimum atomic E-state index is -3.43. The van der Waals surface area contributed by atoms with Crippen LogP contribution < -0.4 is 5.32 Å². The predicted molar refractivity (Wildman–Crippen MR) is 88.7 cm³/mol. The average molecular weight is 339 g/mol. The fourth-order valence-corrected chi connectivity index (χ4v) is 4.30. The first-order chi connectivity index (χ1) is 11.0. The lowest BCUT2D eigenvalue weighted by atomic mass is 9.74. The minimum Gasteiger partial charge on any atom is -0.396 e. The zero-order valence-electron chi connectivity index (χ0n) is 13.3. The van der Waals surface area contributed by atoms with E-state index in [9.17, 15) is 18.3 Å². The number of sulfone groups is 1. The van der Waals surface area contributed by atoms with Gasteiger partial charge in [0.2, 0.25) is 5.91 Å². The summed E-state index contributed by atoms with van der Waals surface area (Å²) in [5, 5.41) is 12.4. The molecule has 1 aromatic rings. The number of nitrogens with one attached hydrogen (secondary N) is 1. The molecular weight excluding hydrogens is 314 g/mol. The number of carbonyl (C=O) groups excluding carboxylic acids is 1. The predicted octanol–water partition coefficient (Wildman–Crippen LogP) is 1.91. The van der Waals surface area contributed by atoms with Gasteiger partial charge >= 0.3 is 0 Å². The number of carbonyl (C=O) groups is 1. The van der Waals surface area contributed by atoms with Crippen molar-refractivity contribution < 1.29 is 18.3 Å². The van der Waals surface area contributed by atoms with Gasteiger partial charge in [0.05, 0.1) is 17.3 Å². The van der Waals surface area contributed by atoms with Crippen LogP contribution >= 0.6 is 0 Å². The highest BCUT2D eigenvalue weighted by atomic mass is 32.2. The number of rotatable bonds is 7. The second kappa shape index (κ2) is 7.93. The zero-order valence-corrected chi connectivity index (χ0v) is 14.1. The van der Waals surface area contributed by atoms with Crippen LogP contribution in [0.5, 0.6) is 0 Å². The van der Waals surface area contributed by atoms with E-state index in [0.717, 1.165) is 25.7 Å². The summed E-state index contributed by atoms with van der Waals surface area (Å²) in [6.45, 7) is 0.489. The highest BCUT2D eigenvalue weighted by Crippen LogP contribution is 2.35. The van der Waals surface area contributed by atoms with Crippen molar-refractivity contribution in [1.82, 2.24) is 5.32 Å². The van der Waals surface area contributed by atoms with Crippen LogP contribution in [0.1, 0.15) is 38.5 Å². The third-order valence-electron chi connectivity index (χ3n) is 4.61. The normalized spacial score (nSPS) is 17.6. The van der Waals surface area contributed by atoms with Gasteiger partial charge in [-0.25, -0.2) is 8.42 Å². The van der Waals surface area contributed by atoms with Crippen molar-refractivity contribution in [2.75, 3.05) is 18.9 Å². The molecule has 1 aromatic carbocycles. The molecule has 0 radical (unpaired) electrons. The van der Waals surface area contributed by atoms with E-state index in [0.29, 0.717) is 6.54 Å². The second-order valence-corrected chi connectivity index (χ2v) is 8.49. The SMILES string of the molecule is O=C(CCS(=O)(=O)c1ccccc1)NCC1(CO)CCCCC1. The molecule has 0 aromatic heterocycles. The molecule has 6 heteroatoms. The Labute approximate surface area is 138 Å². The molecule has 1 aliphatic rings. The third-order valence-corrected chi connectivity index (χ3v) is 6.34. The smallest absolute Gasteiger partial charge is 0.221 e. The Hall–Kier alpha value is -1.40. The van der Waals surface area contributed by atoms with E-state index < -0.39 is 9.84 Å². The van der Waals surface area contributed by atoms with E-state index >= 15 is 0 Å². The van der Waals surface area contributed by atoms with E-state index in [-0.39, 0.29) is 35.0 Å². The van der Waals surface area contributed by atoms with Gasteiger partial charge in [0.15, 0.2) is 9.84 Å². The van der Waals surface area contributed by atoms with Crippen molar-refractivity contribution in [2.45, 2.75) is 43.4 Å². The molecule has 2 N–H and O–H groups in total. The molecule has 2 rings (SSSR count). The molecule has 1 aliphatic carbocycles. The Balaban J connectivity index is 1.83. The molecule has 1 saturated carbocycles. The van der Waals surface area contributed by atoms with Crippen LogP contribution in [0, 0.1) is 5.41 Å². The summed E-state index contributed by atoms with van der Waals surface area (Å²) in [5.41, 5.74) is -0.230. The van der Waals surface area contributed by atoms with Crippen LogP contribution in [0.4, 0.5) is 0 Å². The molecule has 128 valence electrons. The first kappa shape index (κ1) is 17.9. The van der Waals surface area contributed by atoms with Gasteiger partial charge in [-0.15, -0.1) is 0 Å². The Morgan fingerprint density at radius 2 is 1.78 bits per heavy atom. The van der Waals surface area contributed by atoms with Crippen LogP contribution in [0.2, 0.25) is 0 Å². The van der Waals surface area contributed by atoms with Crippen LogP contribution in [0.3, 0.4) is 0 Å². The first-order valence-corrected chi connectivity index (χ1v) is 9.78. The average Bonchev–Trinajstić information content (AvgIpc) is 2.60. The Bertz CT molecular complexity index is 607. The van der Waals surface area contributed by atoms with Gasteiger partial charge in [0.25, 0.3) is 0 Å². The maximum Gasteiger partial charge on any atom is 0.221 e. The van der Waals surface area contributed by atoms with Gasteiger partial charge in [0, 0.05) is 18.4 Å². The lowest BCUT2D eigenvalue weighted by molar-refractivity contribution is -0.121. The van der Waals surface area contributed by atoms with Crippen molar-refractivity contribution >= 4 is 15.7 Å². The molecule has 0 unspecified atom stereocenters. The van der Waals surface area contributed by atoms with E-state index in [1.165, 1.54) is 18.6 Å². The van der Waals surface area contributed by atoms with Gasteiger partial charge in [-0.1, -0.05) is 37.5 Å². The maximum atomic E-state index is 12.1. The molecule has 0 atom stereocenters. The zero-order chi connectivity index (χ0) is 16.8. The third kappa shape index (κ3) is 5.04. The van der Waals surface area contributed by atoms with Gasteiger partial charge < -0.3 is 10.4 Å². The molecule has 23 heavy (non-hydrogen) atoms. The number of amides is 1. The summed E-state index contributed by atoms with van der Waals surface area (Å²) in [4.78, 5) is 12.2. The van der Waals surface area contributed by atoms with E-state index in [1.807, 2.05) is 0 Å². The number of aliphatic hydroxyl groups is 1. The summed E-state index contributed by atoms with van der Waals surface area (Å²) >= 11 is 0. The van der Waals surface area contributed by atoms with Crippen LogP contribution in [-0.2, 0) is 14.6 Å². The Kier molecular flexibility index (Phi) is 6.18. The maximum absolute atomic E-state index is 12.1. The first-order valence-electron chi connectivity index (χ1n) is 8.13. The van der Waals surface area contributed by atoms with Crippen molar-refractivity contribution in [3.8, 4) is 0 Å². The summed E-state index contributed by atoms with van der Waals surface area (Å²) in [6, 6.07) is 8.17. The highest BCUT2D eigenvalue weighted by molar-refractivity contribution is 7.91. The molecule has 5 nitrogen and oxygen atoms in total. The van der Waals surface area contributed by atoms with Crippen LogP contribution in [-0.4, -0.2) is 38.3 Å². The quantitative estimate of drug-likeness (QED) is 0.795.